The summed E-state index contributed by atoms with van der Waals surface area (Å²) in [5.41, 5.74) is 3.14. The first-order valence-electron chi connectivity index (χ1n) is 9.89. The SMILES string of the molecule is Cc1cc(C)cc(OCn2ccc(C(=O)Nc3nn(Cc4cccc(F)c4)cc3Cl)n2)c1. The van der Waals surface area contributed by atoms with Crippen molar-refractivity contribution in [2.24, 2.45) is 0 Å². The lowest BCUT2D eigenvalue weighted by atomic mass is 10.1. The Morgan fingerprint density at radius 1 is 1.09 bits per heavy atom. The third-order valence-corrected chi connectivity index (χ3v) is 4.89. The second-order valence-electron chi connectivity index (χ2n) is 7.44. The normalized spacial score (nSPS) is 10.9. The van der Waals surface area contributed by atoms with Gasteiger partial charge in [-0.3, -0.25) is 9.48 Å². The predicted octanol–water partition coefficient (Wildman–Crippen LogP) is 4.83. The first-order valence-corrected chi connectivity index (χ1v) is 10.3. The maximum atomic E-state index is 13.4. The quantitative estimate of drug-likeness (QED) is 0.435. The maximum Gasteiger partial charge on any atom is 0.277 e. The zero-order valence-electron chi connectivity index (χ0n) is 17.5. The molecule has 0 aliphatic rings. The maximum absolute atomic E-state index is 13.4. The van der Waals surface area contributed by atoms with Gasteiger partial charge in [0, 0.05) is 12.4 Å². The molecule has 0 radical (unpaired) electrons. The highest BCUT2D eigenvalue weighted by molar-refractivity contribution is 6.33. The molecule has 2 aromatic heterocycles. The van der Waals surface area contributed by atoms with Crippen molar-refractivity contribution in [3.8, 4) is 5.75 Å². The molecule has 0 atom stereocenters. The zero-order chi connectivity index (χ0) is 22.7. The minimum Gasteiger partial charge on any atom is -0.471 e. The summed E-state index contributed by atoms with van der Waals surface area (Å²) in [6, 6.07) is 13.7. The summed E-state index contributed by atoms with van der Waals surface area (Å²) in [5, 5.41) is 11.4. The second kappa shape index (κ2) is 9.23. The Kier molecular flexibility index (Phi) is 6.23. The first kappa shape index (κ1) is 21.6. The minimum atomic E-state index is -0.451. The summed E-state index contributed by atoms with van der Waals surface area (Å²) in [5.74, 6) is 0.160. The number of carbonyl (C=O) groups is 1. The van der Waals surface area contributed by atoms with E-state index in [4.69, 9.17) is 16.3 Å². The Labute approximate surface area is 189 Å². The van der Waals surface area contributed by atoms with E-state index in [9.17, 15) is 9.18 Å². The number of amides is 1. The topological polar surface area (TPSA) is 74.0 Å². The number of aromatic nitrogens is 4. The van der Waals surface area contributed by atoms with Gasteiger partial charge in [-0.05, 0) is 60.9 Å². The van der Waals surface area contributed by atoms with Gasteiger partial charge in [0.2, 0.25) is 0 Å². The zero-order valence-corrected chi connectivity index (χ0v) is 18.3. The van der Waals surface area contributed by atoms with Crippen molar-refractivity contribution in [3.63, 3.8) is 0 Å². The third-order valence-electron chi connectivity index (χ3n) is 4.61. The average Bonchev–Trinajstić information content (AvgIpc) is 3.33. The van der Waals surface area contributed by atoms with Crippen molar-refractivity contribution in [2.75, 3.05) is 5.32 Å². The van der Waals surface area contributed by atoms with Gasteiger partial charge in [-0.15, -0.1) is 0 Å². The molecule has 7 nitrogen and oxygen atoms in total. The Hall–Kier alpha value is -3.65. The summed E-state index contributed by atoms with van der Waals surface area (Å²) < 4.78 is 22.2. The van der Waals surface area contributed by atoms with Crippen LogP contribution in [0.1, 0.15) is 27.2 Å². The van der Waals surface area contributed by atoms with Gasteiger partial charge < -0.3 is 10.1 Å². The molecule has 32 heavy (non-hydrogen) atoms. The van der Waals surface area contributed by atoms with Crippen LogP contribution in [0.25, 0.3) is 0 Å². The number of ether oxygens (including phenoxy) is 1. The number of halogens is 2. The van der Waals surface area contributed by atoms with Crippen molar-refractivity contribution in [2.45, 2.75) is 27.1 Å². The van der Waals surface area contributed by atoms with Crippen LogP contribution in [0, 0.1) is 19.7 Å². The first-order chi connectivity index (χ1) is 15.4. The van der Waals surface area contributed by atoms with Crippen LogP contribution in [-0.2, 0) is 13.3 Å². The summed E-state index contributed by atoms with van der Waals surface area (Å²) in [7, 11) is 0. The number of anilines is 1. The van der Waals surface area contributed by atoms with Crippen molar-refractivity contribution >= 4 is 23.3 Å². The van der Waals surface area contributed by atoms with Gasteiger partial charge in [0.15, 0.2) is 18.2 Å². The number of nitrogens with one attached hydrogen (secondary N) is 1. The molecule has 4 rings (SSSR count). The molecule has 4 aromatic rings. The van der Waals surface area contributed by atoms with E-state index < -0.39 is 5.91 Å². The standard InChI is InChI=1S/C23H21ClFN5O2/c1-15-8-16(2)10-19(9-15)32-14-29-7-6-21(27-29)23(31)26-22-20(24)13-30(28-22)12-17-4-3-5-18(25)11-17/h3-11,13H,12,14H2,1-2H3,(H,26,28,31). The van der Waals surface area contributed by atoms with Crippen LogP contribution in [-0.4, -0.2) is 25.5 Å². The third kappa shape index (κ3) is 5.33. The highest BCUT2D eigenvalue weighted by atomic mass is 35.5. The van der Waals surface area contributed by atoms with Crippen LogP contribution in [0.4, 0.5) is 10.2 Å². The summed E-state index contributed by atoms with van der Waals surface area (Å²) in [6.07, 6.45) is 3.22. The van der Waals surface area contributed by atoms with Crippen LogP contribution in [0.2, 0.25) is 5.02 Å². The fourth-order valence-corrected chi connectivity index (χ4v) is 3.47. The van der Waals surface area contributed by atoms with Gasteiger partial charge in [-0.25, -0.2) is 9.07 Å². The molecule has 0 saturated heterocycles. The van der Waals surface area contributed by atoms with Crippen LogP contribution in [0.15, 0.2) is 60.9 Å². The lowest BCUT2D eigenvalue weighted by Crippen LogP contribution is -2.15. The van der Waals surface area contributed by atoms with Crippen LogP contribution >= 0.6 is 11.6 Å². The van der Waals surface area contributed by atoms with Crippen LogP contribution in [0.3, 0.4) is 0 Å². The van der Waals surface area contributed by atoms with Gasteiger partial charge in [0.05, 0.1) is 6.54 Å². The fourth-order valence-electron chi connectivity index (χ4n) is 3.27. The lowest BCUT2D eigenvalue weighted by molar-refractivity contribution is 0.101. The molecule has 0 saturated carbocycles. The Balaban J connectivity index is 1.38. The molecule has 9 heteroatoms. The van der Waals surface area contributed by atoms with Gasteiger partial charge in [0.1, 0.15) is 16.6 Å². The number of aryl methyl sites for hydroxylation is 2. The number of hydrogen-bond donors (Lipinski definition) is 1. The molecule has 2 aromatic carbocycles. The van der Waals surface area contributed by atoms with Gasteiger partial charge in [-0.2, -0.15) is 10.2 Å². The molecule has 0 bridgehead atoms. The number of nitrogens with zero attached hydrogens (tertiary/aromatic N) is 4. The number of rotatable bonds is 7. The monoisotopic (exact) mass is 453 g/mol. The molecule has 0 fully saturated rings. The highest BCUT2D eigenvalue weighted by Gasteiger charge is 2.15. The van der Waals surface area contributed by atoms with Crippen molar-refractivity contribution in [3.05, 3.63) is 94.1 Å². The van der Waals surface area contributed by atoms with E-state index in [0.29, 0.717) is 6.54 Å². The van der Waals surface area contributed by atoms with E-state index in [1.165, 1.54) is 21.5 Å². The number of hydrogen-bond acceptors (Lipinski definition) is 4. The Morgan fingerprint density at radius 3 is 2.62 bits per heavy atom. The molecule has 2 heterocycles. The van der Waals surface area contributed by atoms with E-state index in [-0.39, 0.29) is 29.1 Å². The lowest BCUT2D eigenvalue weighted by Gasteiger charge is -2.08. The molecule has 0 unspecified atom stereocenters. The molecule has 1 amide bonds. The van der Waals surface area contributed by atoms with E-state index in [1.54, 1.807) is 30.6 Å². The average molecular weight is 454 g/mol. The number of carbonyl (C=O) groups excluding carboxylic acids is 1. The molecule has 0 aliphatic heterocycles. The molecule has 0 aliphatic carbocycles. The molecule has 0 spiro atoms. The van der Waals surface area contributed by atoms with Gasteiger partial charge in [-0.1, -0.05) is 29.8 Å². The Bertz CT molecular complexity index is 1250. The van der Waals surface area contributed by atoms with Crippen LogP contribution < -0.4 is 10.1 Å². The van der Waals surface area contributed by atoms with Crippen molar-refractivity contribution in [1.29, 1.82) is 0 Å². The second-order valence-corrected chi connectivity index (χ2v) is 7.85. The molecular weight excluding hydrogens is 433 g/mol. The van der Waals surface area contributed by atoms with Gasteiger partial charge >= 0.3 is 0 Å². The highest BCUT2D eigenvalue weighted by Crippen LogP contribution is 2.21. The summed E-state index contributed by atoms with van der Waals surface area (Å²) in [6.45, 7) is 4.48. The number of benzene rings is 2. The smallest absolute Gasteiger partial charge is 0.277 e. The Morgan fingerprint density at radius 2 is 1.88 bits per heavy atom. The van der Waals surface area contributed by atoms with Crippen molar-refractivity contribution < 1.29 is 13.9 Å². The van der Waals surface area contributed by atoms with Crippen LogP contribution in [0.5, 0.6) is 5.75 Å². The predicted molar refractivity (Wildman–Crippen MR) is 119 cm³/mol. The van der Waals surface area contributed by atoms with E-state index in [0.717, 1.165) is 22.4 Å². The summed E-state index contributed by atoms with van der Waals surface area (Å²) in [4.78, 5) is 12.6. The largest absolute Gasteiger partial charge is 0.471 e. The van der Waals surface area contributed by atoms with Crippen molar-refractivity contribution in [1.82, 2.24) is 19.6 Å². The fraction of sp³-hybridized carbons (Fsp3) is 0.174. The minimum absolute atomic E-state index is 0.166. The van der Waals surface area contributed by atoms with E-state index in [2.05, 4.69) is 21.6 Å². The van der Waals surface area contributed by atoms with E-state index in [1.807, 2.05) is 26.0 Å². The van der Waals surface area contributed by atoms with Gasteiger partial charge in [0.25, 0.3) is 5.91 Å². The molecule has 1 N–H and O–H groups in total. The molecular formula is C23H21ClFN5O2. The summed E-state index contributed by atoms with van der Waals surface area (Å²) >= 11 is 6.20. The van der Waals surface area contributed by atoms with E-state index >= 15 is 0 Å². The molecule has 164 valence electrons.